The van der Waals surface area contributed by atoms with Gasteiger partial charge >= 0.3 is 0 Å². The SMILES string of the molecule is O=C1[C@H](Nc2cccc(CO)c2)CCCN1c1cccc(F)c1. The van der Waals surface area contributed by atoms with Crippen LogP contribution in [0.3, 0.4) is 0 Å². The number of nitrogens with zero attached hydrogens (tertiary/aromatic N) is 1. The first kappa shape index (κ1) is 15.5. The first-order chi connectivity index (χ1) is 11.2. The predicted octanol–water partition coefficient (Wildman–Crippen LogP) is 2.93. The summed E-state index contributed by atoms with van der Waals surface area (Å²) in [6, 6.07) is 13.1. The van der Waals surface area contributed by atoms with Gasteiger partial charge in [0.1, 0.15) is 11.9 Å². The second-order valence-corrected chi connectivity index (χ2v) is 5.67. The first-order valence-corrected chi connectivity index (χ1v) is 7.70. The molecule has 2 N–H and O–H groups in total. The van der Waals surface area contributed by atoms with E-state index >= 15 is 0 Å². The van der Waals surface area contributed by atoms with Crippen LogP contribution in [0.1, 0.15) is 18.4 Å². The molecule has 2 aromatic rings. The summed E-state index contributed by atoms with van der Waals surface area (Å²) in [5, 5.41) is 12.4. The van der Waals surface area contributed by atoms with Crippen LogP contribution in [0.4, 0.5) is 15.8 Å². The first-order valence-electron chi connectivity index (χ1n) is 7.70. The summed E-state index contributed by atoms with van der Waals surface area (Å²) in [6.07, 6.45) is 1.58. The number of hydrogen-bond acceptors (Lipinski definition) is 3. The van der Waals surface area contributed by atoms with Gasteiger partial charge in [-0.1, -0.05) is 18.2 Å². The van der Waals surface area contributed by atoms with E-state index in [1.54, 1.807) is 17.0 Å². The second kappa shape index (κ2) is 6.79. The van der Waals surface area contributed by atoms with E-state index in [1.807, 2.05) is 24.3 Å². The van der Waals surface area contributed by atoms with E-state index in [0.717, 1.165) is 24.1 Å². The van der Waals surface area contributed by atoms with Gasteiger partial charge in [-0.15, -0.1) is 0 Å². The summed E-state index contributed by atoms with van der Waals surface area (Å²) < 4.78 is 13.4. The van der Waals surface area contributed by atoms with Crippen LogP contribution in [0.25, 0.3) is 0 Å². The Morgan fingerprint density at radius 3 is 2.83 bits per heavy atom. The maximum Gasteiger partial charge on any atom is 0.249 e. The van der Waals surface area contributed by atoms with Crippen molar-refractivity contribution in [3.63, 3.8) is 0 Å². The number of hydrogen-bond donors (Lipinski definition) is 2. The number of amides is 1. The third-order valence-corrected chi connectivity index (χ3v) is 4.01. The van der Waals surface area contributed by atoms with Gasteiger partial charge in [0.15, 0.2) is 0 Å². The van der Waals surface area contributed by atoms with Gasteiger partial charge in [0.05, 0.1) is 6.61 Å². The number of anilines is 2. The highest BCUT2D eigenvalue weighted by atomic mass is 19.1. The third kappa shape index (κ3) is 3.51. The summed E-state index contributed by atoms with van der Waals surface area (Å²) in [5.41, 5.74) is 2.18. The largest absolute Gasteiger partial charge is 0.392 e. The molecule has 1 aliphatic heterocycles. The van der Waals surface area contributed by atoms with Crippen LogP contribution in [-0.2, 0) is 11.4 Å². The smallest absolute Gasteiger partial charge is 0.249 e. The highest BCUT2D eigenvalue weighted by molar-refractivity contribution is 5.99. The molecule has 0 aliphatic carbocycles. The number of piperidine rings is 1. The second-order valence-electron chi connectivity index (χ2n) is 5.67. The minimum absolute atomic E-state index is 0.0381. The fraction of sp³-hybridized carbons (Fsp3) is 0.278. The number of aliphatic hydroxyl groups is 1. The Balaban J connectivity index is 1.77. The van der Waals surface area contributed by atoms with E-state index in [9.17, 15) is 14.3 Å². The lowest BCUT2D eigenvalue weighted by atomic mass is 10.0. The van der Waals surface area contributed by atoms with Gasteiger partial charge in [-0.2, -0.15) is 0 Å². The van der Waals surface area contributed by atoms with Gasteiger partial charge in [0.25, 0.3) is 0 Å². The van der Waals surface area contributed by atoms with Crippen LogP contribution in [-0.4, -0.2) is 23.6 Å². The fourth-order valence-electron chi connectivity index (χ4n) is 2.87. The lowest BCUT2D eigenvalue weighted by Crippen LogP contribution is -2.47. The quantitative estimate of drug-likeness (QED) is 0.912. The summed E-state index contributed by atoms with van der Waals surface area (Å²) >= 11 is 0. The molecule has 1 saturated heterocycles. The normalized spacial score (nSPS) is 18.1. The molecule has 1 fully saturated rings. The van der Waals surface area contributed by atoms with E-state index in [2.05, 4.69) is 5.32 Å². The van der Waals surface area contributed by atoms with Crippen LogP contribution >= 0.6 is 0 Å². The molecule has 0 bridgehead atoms. The van der Waals surface area contributed by atoms with Gasteiger partial charge < -0.3 is 15.3 Å². The molecule has 0 spiro atoms. The Kier molecular flexibility index (Phi) is 4.57. The molecule has 1 aliphatic rings. The maximum absolute atomic E-state index is 13.4. The Labute approximate surface area is 134 Å². The van der Waals surface area contributed by atoms with E-state index in [1.165, 1.54) is 12.1 Å². The summed E-state index contributed by atoms with van der Waals surface area (Å²) in [6.45, 7) is 0.556. The fourth-order valence-corrected chi connectivity index (χ4v) is 2.87. The molecule has 1 heterocycles. The van der Waals surface area contributed by atoms with Gasteiger partial charge in [-0.25, -0.2) is 4.39 Å². The van der Waals surface area contributed by atoms with Gasteiger partial charge in [0.2, 0.25) is 5.91 Å². The highest BCUT2D eigenvalue weighted by Crippen LogP contribution is 2.24. The van der Waals surface area contributed by atoms with Crippen LogP contribution < -0.4 is 10.2 Å². The molecule has 0 unspecified atom stereocenters. The number of nitrogens with one attached hydrogen (secondary N) is 1. The minimum atomic E-state index is -0.346. The zero-order valence-electron chi connectivity index (χ0n) is 12.7. The number of aliphatic hydroxyl groups excluding tert-OH is 1. The molecule has 4 nitrogen and oxygen atoms in total. The van der Waals surface area contributed by atoms with Crippen LogP contribution in [0.15, 0.2) is 48.5 Å². The number of benzene rings is 2. The molecule has 1 amide bonds. The van der Waals surface area contributed by atoms with Gasteiger partial charge in [-0.3, -0.25) is 4.79 Å². The van der Waals surface area contributed by atoms with E-state index in [4.69, 9.17) is 0 Å². The van der Waals surface area contributed by atoms with Crippen molar-refractivity contribution in [2.75, 3.05) is 16.8 Å². The minimum Gasteiger partial charge on any atom is -0.392 e. The van der Waals surface area contributed by atoms with Crippen molar-refractivity contribution in [2.45, 2.75) is 25.5 Å². The molecule has 0 aromatic heterocycles. The van der Waals surface area contributed by atoms with Crippen molar-refractivity contribution >= 4 is 17.3 Å². The summed E-state index contributed by atoms with van der Waals surface area (Å²) in [7, 11) is 0. The molecule has 3 rings (SSSR count). The molecule has 0 radical (unpaired) electrons. The van der Waals surface area contributed by atoms with Crippen molar-refractivity contribution in [1.29, 1.82) is 0 Å². The van der Waals surface area contributed by atoms with Crippen LogP contribution in [0.5, 0.6) is 0 Å². The highest BCUT2D eigenvalue weighted by Gasteiger charge is 2.29. The Morgan fingerprint density at radius 1 is 1.22 bits per heavy atom. The number of halogens is 1. The average Bonchev–Trinajstić information content (AvgIpc) is 2.57. The zero-order valence-corrected chi connectivity index (χ0v) is 12.7. The maximum atomic E-state index is 13.4. The molecule has 2 aromatic carbocycles. The molecular formula is C18H19FN2O2. The summed E-state index contributed by atoms with van der Waals surface area (Å²) in [4.78, 5) is 14.3. The monoisotopic (exact) mass is 314 g/mol. The molecule has 5 heteroatoms. The molecule has 1 atom stereocenters. The van der Waals surface area contributed by atoms with Gasteiger partial charge in [0, 0.05) is 17.9 Å². The lowest BCUT2D eigenvalue weighted by Gasteiger charge is -2.33. The standard InChI is InChI=1S/C18H19FN2O2/c19-14-5-2-7-16(11-14)21-9-3-8-17(18(21)23)20-15-6-1-4-13(10-15)12-22/h1-2,4-7,10-11,17,20,22H,3,8-9,12H2/t17-/m1/s1. The molecule has 120 valence electrons. The van der Waals surface area contributed by atoms with Crippen LogP contribution in [0.2, 0.25) is 0 Å². The number of carbonyl (C=O) groups is 1. The lowest BCUT2D eigenvalue weighted by molar-refractivity contribution is -0.120. The summed E-state index contributed by atoms with van der Waals surface area (Å²) in [5.74, 6) is -0.405. The Morgan fingerprint density at radius 2 is 2.04 bits per heavy atom. The van der Waals surface area contributed by atoms with Gasteiger partial charge in [-0.05, 0) is 48.7 Å². The van der Waals surface area contributed by atoms with E-state index in [-0.39, 0.29) is 24.4 Å². The Hall–Kier alpha value is -2.40. The van der Waals surface area contributed by atoms with Crippen LogP contribution in [0, 0.1) is 5.82 Å². The van der Waals surface area contributed by atoms with Crippen molar-refractivity contribution in [1.82, 2.24) is 0 Å². The number of carbonyl (C=O) groups excluding carboxylic acids is 1. The van der Waals surface area contributed by atoms with E-state index in [0.29, 0.717) is 12.2 Å². The van der Waals surface area contributed by atoms with Crippen molar-refractivity contribution < 1.29 is 14.3 Å². The predicted molar refractivity (Wildman–Crippen MR) is 87.8 cm³/mol. The molecule has 0 saturated carbocycles. The average molecular weight is 314 g/mol. The molecular weight excluding hydrogens is 295 g/mol. The van der Waals surface area contributed by atoms with Crippen molar-refractivity contribution in [3.8, 4) is 0 Å². The number of rotatable bonds is 4. The van der Waals surface area contributed by atoms with Crippen molar-refractivity contribution in [3.05, 3.63) is 59.9 Å². The topological polar surface area (TPSA) is 52.6 Å². The Bertz CT molecular complexity index is 705. The van der Waals surface area contributed by atoms with Crippen molar-refractivity contribution in [2.24, 2.45) is 0 Å². The third-order valence-electron chi connectivity index (χ3n) is 4.01. The van der Waals surface area contributed by atoms with E-state index < -0.39 is 0 Å². The zero-order chi connectivity index (χ0) is 16.2. The molecule has 23 heavy (non-hydrogen) atoms.